The molecule has 0 saturated carbocycles. The maximum Gasteiger partial charge on any atom is 0.224 e. The van der Waals surface area contributed by atoms with Crippen molar-refractivity contribution in [1.29, 1.82) is 0 Å². The molecule has 1 aliphatic heterocycles. The Balaban J connectivity index is 2.36. The van der Waals surface area contributed by atoms with Crippen LogP contribution in [0.3, 0.4) is 0 Å². The van der Waals surface area contributed by atoms with E-state index in [0.717, 1.165) is 0 Å². The van der Waals surface area contributed by atoms with Gasteiger partial charge in [-0.05, 0) is 17.5 Å². The predicted molar refractivity (Wildman–Crippen MR) is 67.5 cm³/mol. The summed E-state index contributed by atoms with van der Waals surface area (Å²) in [6.45, 7) is 2.27. The van der Waals surface area contributed by atoms with Crippen molar-refractivity contribution in [3.8, 4) is 0 Å². The molecular formula is C10H14ClN3O3S. The second-order valence-corrected chi connectivity index (χ2v) is 6.74. The third-order valence-corrected chi connectivity index (χ3v) is 4.72. The Bertz CT molecular complexity index is 562. The summed E-state index contributed by atoms with van der Waals surface area (Å²) in [4.78, 5) is 8.02. The van der Waals surface area contributed by atoms with E-state index in [2.05, 4.69) is 15.3 Å². The first-order valence-electron chi connectivity index (χ1n) is 5.58. The van der Waals surface area contributed by atoms with E-state index in [1.54, 1.807) is 0 Å². The fourth-order valence-electron chi connectivity index (χ4n) is 1.75. The smallest absolute Gasteiger partial charge is 0.224 e. The van der Waals surface area contributed by atoms with Crippen LogP contribution in [0.15, 0.2) is 4.90 Å². The molecule has 2 N–H and O–H groups in total. The zero-order valence-electron chi connectivity index (χ0n) is 9.85. The highest BCUT2D eigenvalue weighted by atomic mass is 35.5. The van der Waals surface area contributed by atoms with Crippen molar-refractivity contribution < 1.29 is 13.5 Å². The molecule has 8 heteroatoms. The van der Waals surface area contributed by atoms with Crippen molar-refractivity contribution in [2.45, 2.75) is 18.2 Å². The number of hydrogen-bond donors (Lipinski definition) is 2. The summed E-state index contributed by atoms with van der Waals surface area (Å²) in [6, 6.07) is 0. The van der Waals surface area contributed by atoms with Crippen LogP contribution in [0.1, 0.15) is 12.6 Å². The summed E-state index contributed by atoms with van der Waals surface area (Å²) in [5, 5.41) is 11.9. The number of halogens is 1. The fraction of sp³-hybridized carbons (Fsp3) is 0.600. The van der Waals surface area contributed by atoms with Gasteiger partial charge in [-0.15, -0.1) is 0 Å². The topological polar surface area (TPSA) is 92.2 Å². The molecule has 0 aromatic carbocycles. The molecule has 0 bridgehead atoms. The maximum absolute atomic E-state index is 11.9. The van der Waals surface area contributed by atoms with E-state index in [9.17, 15) is 8.42 Å². The van der Waals surface area contributed by atoms with Gasteiger partial charge in [-0.2, -0.15) is 4.98 Å². The summed E-state index contributed by atoms with van der Waals surface area (Å²) in [5.41, 5.74) is 0.467. The number of sulfone groups is 1. The minimum Gasteiger partial charge on any atom is -0.396 e. The van der Waals surface area contributed by atoms with Crippen LogP contribution in [0.25, 0.3) is 0 Å². The molecule has 1 aromatic heterocycles. The first-order chi connectivity index (χ1) is 8.44. The number of aliphatic hydroxyl groups is 1. The van der Waals surface area contributed by atoms with Crippen LogP contribution < -0.4 is 5.32 Å². The molecule has 2 heterocycles. The maximum atomic E-state index is 11.9. The van der Waals surface area contributed by atoms with Gasteiger partial charge in [-0.1, -0.05) is 6.92 Å². The van der Waals surface area contributed by atoms with E-state index in [4.69, 9.17) is 16.7 Å². The minimum atomic E-state index is -3.32. The Labute approximate surface area is 110 Å². The fourth-order valence-corrected chi connectivity index (χ4v) is 3.52. The van der Waals surface area contributed by atoms with E-state index < -0.39 is 9.84 Å². The lowest BCUT2D eigenvalue weighted by atomic mass is 10.2. The van der Waals surface area contributed by atoms with Gasteiger partial charge >= 0.3 is 0 Å². The molecule has 0 spiro atoms. The zero-order chi connectivity index (χ0) is 13.3. The van der Waals surface area contributed by atoms with E-state index in [1.165, 1.54) is 0 Å². The van der Waals surface area contributed by atoms with Crippen LogP contribution in [0.4, 0.5) is 5.82 Å². The van der Waals surface area contributed by atoms with Gasteiger partial charge in [-0.25, -0.2) is 13.4 Å². The van der Waals surface area contributed by atoms with Crippen LogP contribution in [-0.4, -0.2) is 42.4 Å². The highest BCUT2D eigenvalue weighted by Crippen LogP contribution is 2.31. The Morgan fingerprint density at radius 1 is 1.50 bits per heavy atom. The molecule has 6 nitrogen and oxygen atoms in total. The number of hydrogen-bond acceptors (Lipinski definition) is 6. The molecular weight excluding hydrogens is 278 g/mol. The number of nitrogens with one attached hydrogen (secondary N) is 1. The number of aliphatic hydroxyl groups excluding tert-OH is 1. The lowest BCUT2D eigenvalue weighted by Crippen LogP contribution is -2.17. The van der Waals surface area contributed by atoms with E-state index in [-0.39, 0.29) is 34.3 Å². The first-order valence-corrected chi connectivity index (χ1v) is 7.61. The Morgan fingerprint density at radius 3 is 2.89 bits per heavy atom. The molecule has 0 fully saturated rings. The molecule has 18 heavy (non-hydrogen) atoms. The van der Waals surface area contributed by atoms with Crippen LogP contribution in [0, 0.1) is 5.92 Å². The van der Waals surface area contributed by atoms with Gasteiger partial charge in [0.05, 0.1) is 11.4 Å². The van der Waals surface area contributed by atoms with Gasteiger partial charge in [-0.3, -0.25) is 0 Å². The van der Waals surface area contributed by atoms with Crippen molar-refractivity contribution in [3.05, 3.63) is 11.0 Å². The number of aromatic nitrogens is 2. The van der Waals surface area contributed by atoms with E-state index >= 15 is 0 Å². The number of anilines is 1. The van der Waals surface area contributed by atoms with Crippen molar-refractivity contribution in [1.82, 2.24) is 9.97 Å². The van der Waals surface area contributed by atoms with Crippen LogP contribution >= 0.6 is 11.6 Å². The van der Waals surface area contributed by atoms with Crippen molar-refractivity contribution >= 4 is 27.3 Å². The second-order valence-electron chi connectivity index (χ2n) is 4.35. The lowest BCUT2D eigenvalue weighted by molar-refractivity contribution is 0.244. The second kappa shape index (κ2) is 4.99. The van der Waals surface area contributed by atoms with Crippen LogP contribution in [-0.2, 0) is 16.3 Å². The SMILES string of the molecule is CC(CO)CNc1nc(Cl)nc2c1S(=O)(=O)CC2. The van der Waals surface area contributed by atoms with Crippen LogP contribution in [0.5, 0.6) is 0 Å². The highest BCUT2D eigenvalue weighted by Gasteiger charge is 2.32. The number of rotatable bonds is 4. The van der Waals surface area contributed by atoms with Crippen molar-refractivity contribution in [2.75, 3.05) is 24.2 Å². The normalized spacial score (nSPS) is 18.4. The molecule has 0 amide bonds. The first kappa shape index (κ1) is 13.5. The quantitative estimate of drug-likeness (QED) is 0.785. The molecule has 2 rings (SSSR count). The van der Waals surface area contributed by atoms with Gasteiger partial charge in [0, 0.05) is 19.6 Å². The lowest BCUT2D eigenvalue weighted by Gasteiger charge is -2.12. The van der Waals surface area contributed by atoms with Crippen molar-refractivity contribution in [3.63, 3.8) is 0 Å². The van der Waals surface area contributed by atoms with Gasteiger partial charge in [0.1, 0.15) is 10.7 Å². The Kier molecular flexibility index (Phi) is 3.74. The van der Waals surface area contributed by atoms with Gasteiger partial charge in [0.2, 0.25) is 5.28 Å². The van der Waals surface area contributed by atoms with E-state index in [1.807, 2.05) is 6.92 Å². The third kappa shape index (κ3) is 2.57. The number of nitrogens with zero attached hydrogens (tertiary/aromatic N) is 2. The third-order valence-electron chi connectivity index (χ3n) is 2.76. The van der Waals surface area contributed by atoms with Crippen LogP contribution in [0.2, 0.25) is 5.28 Å². The molecule has 100 valence electrons. The summed E-state index contributed by atoms with van der Waals surface area (Å²) in [7, 11) is -3.32. The number of fused-ring (bicyclic) bond motifs is 1. The molecule has 0 saturated heterocycles. The van der Waals surface area contributed by atoms with Gasteiger partial charge < -0.3 is 10.4 Å². The number of aryl methyl sites for hydroxylation is 1. The monoisotopic (exact) mass is 291 g/mol. The molecule has 0 radical (unpaired) electrons. The molecule has 1 unspecified atom stereocenters. The summed E-state index contributed by atoms with van der Waals surface area (Å²) >= 11 is 5.76. The average Bonchev–Trinajstić information content (AvgIpc) is 2.61. The molecule has 1 atom stereocenters. The van der Waals surface area contributed by atoms with Crippen molar-refractivity contribution in [2.24, 2.45) is 5.92 Å². The van der Waals surface area contributed by atoms with Gasteiger partial charge in [0.15, 0.2) is 9.84 Å². The predicted octanol–water partition coefficient (Wildman–Crippen LogP) is 0.500. The zero-order valence-corrected chi connectivity index (χ0v) is 11.4. The standard InChI is InChI=1S/C10H14ClN3O3S/c1-6(5-15)4-12-9-8-7(13-10(11)14-9)2-3-18(8,16)17/h6,15H,2-5H2,1H3,(H,12,13,14). The summed E-state index contributed by atoms with van der Waals surface area (Å²) in [5.74, 6) is 0.281. The van der Waals surface area contributed by atoms with Gasteiger partial charge in [0.25, 0.3) is 0 Å². The minimum absolute atomic E-state index is 0.00139. The average molecular weight is 292 g/mol. The Hall–Kier alpha value is -0.920. The highest BCUT2D eigenvalue weighted by molar-refractivity contribution is 7.91. The Morgan fingerprint density at radius 2 is 2.22 bits per heavy atom. The molecule has 1 aliphatic rings. The largest absolute Gasteiger partial charge is 0.396 e. The summed E-state index contributed by atoms with van der Waals surface area (Å²) < 4.78 is 23.8. The van der Waals surface area contributed by atoms with E-state index in [0.29, 0.717) is 18.7 Å². The molecule has 1 aromatic rings. The summed E-state index contributed by atoms with van der Waals surface area (Å²) in [6.07, 6.45) is 0.365. The molecule has 0 aliphatic carbocycles.